The Morgan fingerprint density at radius 3 is 2.53 bits per heavy atom. The highest BCUT2D eigenvalue weighted by atomic mass is 16.3. The van der Waals surface area contributed by atoms with Crippen molar-refractivity contribution in [1.29, 1.82) is 5.26 Å². The number of nitriles is 1. The molecule has 0 saturated carbocycles. The average Bonchev–Trinajstić information content (AvgIpc) is 2.28. The van der Waals surface area contributed by atoms with Crippen LogP contribution in [-0.2, 0) is 6.61 Å². The summed E-state index contributed by atoms with van der Waals surface area (Å²) in [5.41, 5.74) is 1.02. The van der Waals surface area contributed by atoms with Crippen molar-refractivity contribution >= 4 is 0 Å². The van der Waals surface area contributed by atoms with Gasteiger partial charge in [-0.25, -0.2) is 0 Å². The third-order valence-electron chi connectivity index (χ3n) is 2.21. The second-order valence-corrected chi connectivity index (χ2v) is 3.23. The maximum absolute atomic E-state index is 9.72. The lowest BCUT2D eigenvalue weighted by molar-refractivity contribution is 0.0205. The minimum atomic E-state index is -1.13. The first-order chi connectivity index (χ1) is 7.20. The SMILES string of the molecule is N#CCC(O)C(O)c1ccccc1CO. The predicted octanol–water partition coefficient (Wildman–Crippen LogP) is 0.487. The number of aliphatic hydroxyl groups excluding tert-OH is 3. The summed E-state index contributed by atoms with van der Waals surface area (Å²) in [6, 6.07) is 8.51. The van der Waals surface area contributed by atoms with Crippen LogP contribution in [0.1, 0.15) is 23.7 Å². The molecule has 4 heteroatoms. The van der Waals surface area contributed by atoms with Crippen LogP contribution < -0.4 is 0 Å². The van der Waals surface area contributed by atoms with E-state index in [2.05, 4.69) is 0 Å². The van der Waals surface area contributed by atoms with Gasteiger partial charge in [0.15, 0.2) is 0 Å². The van der Waals surface area contributed by atoms with Gasteiger partial charge in [0, 0.05) is 0 Å². The number of nitrogens with zero attached hydrogens (tertiary/aromatic N) is 1. The van der Waals surface area contributed by atoms with Gasteiger partial charge in [-0.05, 0) is 11.1 Å². The van der Waals surface area contributed by atoms with E-state index in [1.54, 1.807) is 30.3 Å². The molecular weight excluding hydrogens is 194 g/mol. The van der Waals surface area contributed by atoms with Gasteiger partial charge in [0.1, 0.15) is 6.10 Å². The van der Waals surface area contributed by atoms with E-state index in [4.69, 9.17) is 10.4 Å². The topological polar surface area (TPSA) is 84.5 Å². The molecule has 80 valence electrons. The summed E-state index contributed by atoms with van der Waals surface area (Å²) in [5, 5.41) is 36.6. The molecule has 1 aromatic rings. The first-order valence-electron chi connectivity index (χ1n) is 4.62. The van der Waals surface area contributed by atoms with Gasteiger partial charge in [-0.3, -0.25) is 0 Å². The van der Waals surface area contributed by atoms with Gasteiger partial charge in [0.2, 0.25) is 0 Å². The highest BCUT2D eigenvalue weighted by molar-refractivity contribution is 5.29. The van der Waals surface area contributed by atoms with Crippen molar-refractivity contribution < 1.29 is 15.3 Å². The largest absolute Gasteiger partial charge is 0.392 e. The number of aliphatic hydroxyl groups is 3. The molecule has 1 aromatic carbocycles. The Morgan fingerprint density at radius 1 is 1.27 bits per heavy atom. The summed E-state index contributed by atoms with van der Waals surface area (Å²) < 4.78 is 0. The van der Waals surface area contributed by atoms with Gasteiger partial charge in [-0.1, -0.05) is 24.3 Å². The standard InChI is InChI=1S/C11H13NO3/c12-6-5-10(14)11(15)9-4-2-1-3-8(9)7-13/h1-4,10-11,13-15H,5,7H2. The number of hydrogen-bond donors (Lipinski definition) is 3. The predicted molar refractivity (Wildman–Crippen MR) is 53.6 cm³/mol. The average molecular weight is 207 g/mol. The summed E-state index contributed by atoms with van der Waals surface area (Å²) >= 11 is 0. The molecule has 2 atom stereocenters. The minimum Gasteiger partial charge on any atom is -0.392 e. The number of benzene rings is 1. The smallest absolute Gasteiger partial charge is 0.106 e. The second kappa shape index (κ2) is 5.47. The lowest BCUT2D eigenvalue weighted by Crippen LogP contribution is -2.18. The van der Waals surface area contributed by atoms with Crippen LogP contribution in [0.5, 0.6) is 0 Å². The zero-order chi connectivity index (χ0) is 11.3. The van der Waals surface area contributed by atoms with E-state index in [1.807, 2.05) is 0 Å². The van der Waals surface area contributed by atoms with E-state index in [1.165, 1.54) is 0 Å². The Hall–Kier alpha value is -1.41. The number of hydrogen-bond acceptors (Lipinski definition) is 4. The normalized spacial score (nSPS) is 14.3. The Morgan fingerprint density at radius 2 is 1.93 bits per heavy atom. The van der Waals surface area contributed by atoms with Gasteiger partial charge in [0.05, 0.1) is 25.2 Å². The van der Waals surface area contributed by atoms with Crippen LogP contribution in [0.4, 0.5) is 0 Å². The van der Waals surface area contributed by atoms with E-state index in [0.717, 1.165) is 0 Å². The van der Waals surface area contributed by atoms with Gasteiger partial charge >= 0.3 is 0 Å². The maximum atomic E-state index is 9.72. The quantitative estimate of drug-likeness (QED) is 0.670. The van der Waals surface area contributed by atoms with Crippen LogP contribution in [0, 0.1) is 11.3 Å². The first kappa shape index (κ1) is 11.7. The van der Waals surface area contributed by atoms with Crippen molar-refractivity contribution in [2.75, 3.05) is 0 Å². The molecule has 0 aromatic heterocycles. The Balaban J connectivity index is 2.90. The van der Waals surface area contributed by atoms with Gasteiger partial charge in [-0.2, -0.15) is 5.26 Å². The summed E-state index contributed by atoms with van der Waals surface area (Å²) in [4.78, 5) is 0. The van der Waals surface area contributed by atoms with Crippen LogP contribution in [0.3, 0.4) is 0 Å². The van der Waals surface area contributed by atoms with Crippen molar-refractivity contribution in [3.8, 4) is 6.07 Å². The van der Waals surface area contributed by atoms with Crippen molar-refractivity contribution in [2.45, 2.75) is 25.2 Å². The fraction of sp³-hybridized carbons (Fsp3) is 0.364. The fourth-order valence-corrected chi connectivity index (χ4v) is 1.38. The minimum absolute atomic E-state index is 0.138. The molecule has 0 aliphatic rings. The molecule has 0 aliphatic carbocycles. The van der Waals surface area contributed by atoms with Crippen LogP contribution in [0.15, 0.2) is 24.3 Å². The van der Waals surface area contributed by atoms with Crippen LogP contribution in [0.25, 0.3) is 0 Å². The van der Waals surface area contributed by atoms with Crippen LogP contribution in [0.2, 0.25) is 0 Å². The molecule has 0 bridgehead atoms. The van der Waals surface area contributed by atoms with E-state index >= 15 is 0 Å². The van der Waals surface area contributed by atoms with Gasteiger partial charge in [-0.15, -0.1) is 0 Å². The second-order valence-electron chi connectivity index (χ2n) is 3.23. The van der Waals surface area contributed by atoms with E-state index in [-0.39, 0.29) is 13.0 Å². The fourth-order valence-electron chi connectivity index (χ4n) is 1.38. The first-order valence-corrected chi connectivity index (χ1v) is 4.62. The molecule has 0 heterocycles. The maximum Gasteiger partial charge on any atom is 0.106 e. The Bertz CT molecular complexity index is 359. The molecule has 1 rings (SSSR count). The zero-order valence-electron chi connectivity index (χ0n) is 8.17. The molecular formula is C11H13NO3. The highest BCUT2D eigenvalue weighted by Crippen LogP contribution is 2.22. The van der Waals surface area contributed by atoms with Gasteiger partial charge in [0.25, 0.3) is 0 Å². The summed E-state index contributed by atoms with van der Waals surface area (Å²) in [6.45, 7) is -0.202. The summed E-state index contributed by atoms with van der Waals surface area (Å²) in [6.07, 6.45) is -2.39. The molecule has 0 spiro atoms. The van der Waals surface area contributed by atoms with Crippen molar-refractivity contribution in [3.05, 3.63) is 35.4 Å². The van der Waals surface area contributed by atoms with Gasteiger partial charge < -0.3 is 15.3 Å². The Kier molecular flexibility index (Phi) is 4.25. The molecule has 0 fully saturated rings. The lowest BCUT2D eigenvalue weighted by Gasteiger charge is -2.18. The van der Waals surface area contributed by atoms with Crippen LogP contribution >= 0.6 is 0 Å². The molecule has 2 unspecified atom stereocenters. The van der Waals surface area contributed by atoms with Crippen LogP contribution in [-0.4, -0.2) is 21.4 Å². The highest BCUT2D eigenvalue weighted by Gasteiger charge is 2.20. The molecule has 15 heavy (non-hydrogen) atoms. The molecule has 0 amide bonds. The lowest BCUT2D eigenvalue weighted by atomic mass is 9.98. The van der Waals surface area contributed by atoms with Crippen molar-refractivity contribution in [3.63, 3.8) is 0 Å². The zero-order valence-corrected chi connectivity index (χ0v) is 8.17. The third-order valence-corrected chi connectivity index (χ3v) is 2.21. The number of rotatable bonds is 4. The monoisotopic (exact) mass is 207 g/mol. The molecule has 0 saturated heterocycles. The molecule has 0 aliphatic heterocycles. The summed E-state index contributed by atoms with van der Waals surface area (Å²) in [5.74, 6) is 0. The van der Waals surface area contributed by atoms with E-state index in [9.17, 15) is 10.2 Å². The van der Waals surface area contributed by atoms with Crippen molar-refractivity contribution in [2.24, 2.45) is 0 Å². The molecule has 3 N–H and O–H groups in total. The molecule has 4 nitrogen and oxygen atoms in total. The van der Waals surface area contributed by atoms with E-state index in [0.29, 0.717) is 11.1 Å². The summed E-state index contributed by atoms with van der Waals surface area (Å²) in [7, 11) is 0. The van der Waals surface area contributed by atoms with E-state index < -0.39 is 12.2 Å². The Labute approximate surface area is 88.0 Å². The third kappa shape index (κ3) is 2.77. The molecule has 0 radical (unpaired) electrons. The van der Waals surface area contributed by atoms with Crippen molar-refractivity contribution in [1.82, 2.24) is 0 Å².